The number of hydrogen-bond acceptors (Lipinski definition) is 11. The van der Waals surface area contributed by atoms with Crippen LogP contribution in [-0.2, 0) is 28.6 Å². The molecule has 107 heavy (non-hydrogen) atoms. The number of aliphatic hydroxyl groups is 2. The highest BCUT2D eigenvalue weighted by atomic mass is 16.5. The van der Waals surface area contributed by atoms with Gasteiger partial charge < -0.3 is 34.2 Å². The van der Waals surface area contributed by atoms with Crippen LogP contribution in [0, 0.1) is 0 Å². The van der Waals surface area contributed by atoms with Crippen molar-refractivity contribution < 1.29 is 38.8 Å². The lowest BCUT2D eigenvalue weighted by Crippen LogP contribution is -2.41. The van der Waals surface area contributed by atoms with E-state index in [1.54, 1.807) is 6.08 Å². The molecule has 2 unspecified atom stereocenters. The van der Waals surface area contributed by atoms with Crippen LogP contribution in [0.4, 0.5) is 0 Å². The first kappa shape index (κ1) is 105. The summed E-state index contributed by atoms with van der Waals surface area (Å²) in [5.41, 5.74) is 0. The van der Waals surface area contributed by atoms with E-state index < -0.39 is 6.10 Å². The molecule has 11 nitrogen and oxygen atoms in total. The molecule has 0 aromatic rings. The summed E-state index contributed by atoms with van der Waals surface area (Å²) in [6, 6.07) is 0. The van der Waals surface area contributed by atoms with Crippen LogP contribution < -0.4 is 0 Å². The van der Waals surface area contributed by atoms with Crippen LogP contribution in [0.1, 0.15) is 497 Å². The lowest BCUT2D eigenvalue weighted by molar-refractivity contribution is -0.144. The zero-order chi connectivity index (χ0) is 77.6. The number of carbonyl (C=O) groups is 3. The predicted molar refractivity (Wildman–Crippen MR) is 464 cm³/mol. The molecule has 0 aliphatic rings. The van der Waals surface area contributed by atoms with Gasteiger partial charge in [0.05, 0.1) is 32.0 Å². The van der Waals surface area contributed by atoms with Gasteiger partial charge >= 0.3 is 17.9 Å². The van der Waals surface area contributed by atoms with Crippen LogP contribution in [0.5, 0.6) is 0 Å². The molecule has 0 fully saturated rings. The molecule has 0 spiro atoms. The minimum atomic E-state index is -0.595. The first-order valence-electron chi connectivity index (χ1n) is 48.4. The van der Waals surface area contributed by atoms with Crippen molar-refractivity contribution in [2.45, 2.75) is 509 Å². The van der Waals surface area contributed by atoms with Crippen molar-refractivity contribution in [3.05, 3.63) is 12.2 Å². The van der Waals surface area contributed by atoms with Crippen LogP contribution >= 0.6 is 0 Å². The molecule has 0 bridgehead atoms. The van der Waals surface area contributed by atoms with Crippen molar-refractivity contribution in [3.8, 4) is 0 Å². The monoisotopic (exact) mass is 1510 g/mol. The third-order valence-electron chi connectivity index (χ3n) is 22.7. The topological polar surface area (TPSA) is 129 Å². The van der Waals surface area contributed by atoms with Gasteiger partial charge in [-0.3, -0.25) is 14.5 Å². The van der Waals surface area contributed by atoms with Crippen LogP contribution in [0.3, 0.4) is 0 Å². The Morgan fingerprint density at radius 3 is 0.785 bits per heavy atom. The molecule has 0 amide bonds. The second-order valence-corrected chi connectivity index (χ2v) is 33.6. The number of hydrogen-bond donors (Lipinski definition) is 2. The maximum Gasteiger partial charge on any atom is 0.330 e. The zero-order valence-corrected chi connectivity index (χ0v) is 72.9. The molecule has 0 aromatic heterocycles. The number of esters is 3. The van der Waals surface area contributed by atoms with Crippen molar-refractivity contribution in [1.82, 2.24) is 14.7 Å². The molecular formula is C96H189N3O8. The summed E-state index contributed by atoms with van der Waals surface area (Å²) >= 11 is 0. The van der Waals surface area contributed by atoms with Crippen LogP contribution in [0.15, 0.2) is 12.2 Å². The standard InChI is InChI=1S/C96H189N3O8/c1-6-11-16-21-26-31-36-41-46-51-56-61-71-86-105-94(102)77-66-64-65-76-92(100)89-97(80-67-59-54-49-44-39-34-29-24-19-14-9-4)82-69-70-83-98(81-68-60-55-50-45-40-35-30-25-20-15-10-5)90-93(101)91-99(84-74-78-95(103)106-87-72-62-57-52-47-42-37-32-27-22-17-12-7-2)85-75-79-96(104)107-88-73-63-58-53-48-43-38-33-28-23-18-13-8-3/h74,78,92-93,100-101H,6-73,75-77,79-91H2,1-5H3/b78-74+. The van der Waals surface area contributed by atoms with Gasteiger partial charge in [-0.05, 0) is 96.9 Å². The van der Waals surface area contributed by atoms with Gasteiger partial charge in [-0.1, -0.05) is 426 Å². The first-order valence-corrected chi connectivity index (χ1v) is 48.4. The Kier molecular flexibility index (Phi) is 87.8. The van der Waals surface area contributed by atoms with E-state index in [-0.39, 0.29) is 24.0 Å². The fourth-order valence-corrected chi connectivity index (χ4v) is 15.6. The summed E-state index contributed by atoms with van der Waals surface area (Å²) in [5, 5.41) is 23.6. The maximum absolute atomic E-state index is 13.1. The van der Waals surface area contributed by atoms with Gasteiger partial charge in [0, 0.05) is 45.1 Å². The summed E-state index contributed by atoms with van der Waals surface area (Å²) in [6.07, 6.45) is 91.5. The van der Waals surface area contributed by atoms with E-state index in [4.69, 9.17) is 14.2 Å². The van der Waals surface area contributed by atoms with Crippen LogP contribution in [0.2, 0.25) is 0 Å². The Hall–Kier alpha value is -2.05. The van der Waals surface area contributed by atoms with Crippen LogP contribution in [0.25, 0.3) is 0 Å². The second kappa shape index (κ2) is 89.5. The second-order valence-electron chi connectivity index (χ2n) is 33.6. The lowest BCUT2D eigenvalue weighted by atomic mass is 10.0. The first-order chi connectivity index (χ1) is 52.7. The number of nitrogens with zero attached hydrogens (tertiary/aromatic N) is 3. The van der Waals surface area contributed by atoms with Gasteiger partial charge in [0.25, 0.3) is 0 Å². The Bertz CT molecular complexity index is 1790. The fourth-order valence-electron chi connectivity index (χ4n) is 15.6. The maximum atomic E-state index is 13.1. The van der Waals surface area contributed by atoms with Gasteiger partial charge in [0.1, 0.15) is 0 Å². The van der Waals surface area contributed by atoms with E-state index in [0.29, 0.717) is 71.8 Å². The Labute approximate surface area is 667 Å². The van der Waals surface area contributed by atoms with Gasteiger partial charge in [0.2, 0.25) is 0 Å². The van der Waals surface area contributed by atoms with Crippen molar-refractivity contribution in [2.24, 2.45) is 0 Å². The summed E-state index contributed by atoms with van der Waals surface area (Å²) in [4.78, 5) is 46.0. The normalized spacial score (nSPS) is 12.5. The summed E-state index contributed by atoms with van der Waals surface area (Å²) in [5.74, 6) is -0.521. The van der Waals surface area contributed by atoms with E-state index in [1.165, 1.54) is 353 Å². The molecule has 2 atom stereocenters. The van der Waals surface area contributed by atoms with E-state index in [0.717, 1.165) is 116 Å². The molecule has 0 aliphatic heterocycles. The quantitative estimate of drug-likeness (QED) is 0.0261. The van der Waals surface area contributed by atoms with Crippen molar-refractivity contribution in [3.63, 3.8) is 0 Å². The van der Waals surface area contributed by atoms with Gasteiger partial charge in [-0.15, -0.1) is 0 Å². The highest BCUT2D eigenvalue weighted by Gasteiger charge is 2.18. The van der Waals surface area contributed by atoms with Gasteiger partial charge in [0.15, 0.2) is 0 Å². The molecule has 11 heteroatoms. The molecule has 0 saturated heterocycles. The summed E-state index contributed by atoms with van der Waals surface area (Å²) < 4.78 is 17.1. The molecule has 0 radical (unpaired) electrons. The molecule has 0 aliphatic carbocycles. The largest absolute Gasteiger partial charge is 0.466 e. The minimum absolute atomic E-state index is 0.0685. The third-order valence-corrected chi connectivity index (χ3v) is 22.7. The Morgan fingerprint density at radius 2 is 0.477 bits per heavy atom. The Balaban J connectivity index is 5.77. The SMILES string of the molecule is CCCCCCCCCCCCCCCOC(=O)/C=C/CN(CCCC(=O)OCCCCCCCCCCCCCCC)CC(O)CN(CCCCCCCCCCCCCC)CCCCN(CCCCCCCCCCCCCC)CC(O)CCCCCC(=O)OCCCCCCCCCCCCCCC. The molecule has 636 valence electrons. The molecule has 0 heterocycles. The third kappa shape index (κ3) is 84.7. The number of ether oxygens (including phenoxy) is 3. The van der Waals surface area contributed by atoms with Crippen molar-refractivity contribution in [2.75, 3.05) is 78.7 Å². The number of unbranched alkanes of at least 4 members (excludes halogenated alkanes) is 61. The number of rotatable bonds is 92. The minimum Gasteiger partial charge on any atom is -0.466 e. The number of aliphatic hydroxyl groups excluding tert-OH is 2. The van der Waals surface area contributed by atoms with Crippen LogP contribution in [-0.4, -0.2) is 134 Å². The highest BCUT2D eigenvalue weighted by molar-refractivity contribution is 5.81. The number of carbonyl (C=O) groups excluding carboxylic acids is 3. The fraction of sp³-hybridized carbons (Fsp3) is 0.948. The van der Waals surface area contributed by atoms with E-state index in [2.05, 4.69) is 49.3 Å². The van der Waals surface area contributed by atoms with Crippen molar-refractivity contribution in [1.29, 1.82) is 0 Å². The van der Waals surface area contributed by atoms with Gasteiger partial charge in [-0.2, -0.15) is 0 Å². The summed E-state index contributed by atoms with van der Waals surface area (Å²) in [6.45, 7) is 19.6. The van der Waals surface area contributed by atoms with Crippen molar-refractivity contribution >= 4 is 17.9 Å². The van der Waals surface area contributed by atoms with Gasteiger partial charge in [-0.25, -0.2) is 4.79 Å². The lowest BCUT2D eigenvalue weighted by Gasteiger charge is -2.29. The van der Waals surface area contributed by atoms with E-state index in [9.17, 15) is 24.6 Å². The zero-order valence-electron chi connectivity index (χ0n) is 72.9. The summed E-state index contributed by atoms with van der Waals surface area (Å²) in [7, 11) is 0. The van der Waals surface area contributed by atoms with E-state index >= 15 is 0 Å². The molecule has 0 aromatic carbocycles. The van der Waals surface area contributed by atoms with E-state index in [1.807, 2.05) is 6.08 Å². The molecule has 2 N–H and O–H groups in total. The molecule has 0 rings (SSSR count). The average Bonchev–Trinajstić information content (AvgIpc) is 1.13. The molecular weight excluding hydrogens is 1320 g/mol. The highest BCUT2D eigenvalue weighted by Crippen LogP contribution is 2.20. The predicted octanol–water partition coefficient (Wildman–Crippen LogP) is 28.0. The smallest absolute Gasteiger partial charge is 0.330 e. The molecule has 0 saturated carbocycles. The average molecular weight is 1510 g/mol. The Morgan fingerprint density at radius 1 is 0.252 bits per heavy atom.